The topological polar surface area (TPSA) is 86.8 Å². The van der Waals surface area contributed by atoms with Crippen LogP contribution in [0.1, 0.15) is 36.1 Å². The molecule has 0 aliphatic carbocycles. The zero-order valence-electron chi connectivity index (χ0n) is 25.1. The van der Waals surface area contributed by atoms with E-state index in [-0.39, 0.29) is 29.8 Å². The average Bonchev–Trinajstić information content (AvgIpc) is 2.99. The summed E-state index contributed by atoms with van der Waals surface area (Å²) >= 11 is 0. The first kappa shape index (κ1) is 31.5. The predicted octanol–water partition coefficient (Wildman–Crippen LogP) is 5.66. The van der Waals surface area contributed by atoms with Crippen molar-refractivity contribution in [1.29, 1.82) is 0 Å². The van der Waals surface area contributed by atoms with E-state index in [9.17, 15) is 18.0 Å². The van der Waals surface area contributed by atoms with Crippen LogP contribution < -0.4 is 9.62 Å². The van der Waals surface area contributed by atoms with E-state index >= 15 is 0 Å². The van der Waals surface area contributed by atoms with Crippen molar-refractivity contribution in [2.24, 2.45) is 0 Å². The number of benzene rings is 4. The molecule has 0 heterocycles. The van der Waals surface area contributed by atoms with Crippen molar-refractivity contribution in [2.75, 3.05) is 10.8 Å². The third-order valence-electron chi connectivity index (χ3n) is 7.11. The van der Waals surface area contributed by atoms with Crippen LogP contribution in [0.5, 0.6) is 0 Å². The number of hydrogen-bond donors (Lipinski definition) is 1. The van der Waals surface area contributed by atoms with Gasteiger partial charge in [-0.05, 0) is 63.1 Å². The first-order valence-electron chi connectivity index (χ1n) is 14.4. The number of amides is 2. The van der Waals surface area contributed by atoms with E-state index in [1.165, 1.54) is 4.90 Å². The fourth-order valence-electron chi connectivity index (χ4n) is 4.79. The van der Waals surface area contributed by atoms with Crippen LogP contribution in [0, 0.1) is 13.8 Å². The lowest BCUT2D eigenvalue weighted by Crippen LogP contribution is -2.54. The van der Waals surface area contributed by atoms with Gasteiger partial charge in [-0.1, -0.05) is 96.1 Å². The molecule has 0 saturated carbocycles. The maximum Gasteiger partial charge on any atom is 0.264 e. The van der Waals surface area contributed by atoms with E-state index in [2.05, 4.69) is 5.32 Å². The minimum atomic E-state index is -4.12. The molecule has 4 rings (SSSR count). The zero-order valence-corrected chi connectivity index (χ0v) is 25.9. The molecule has 0 unspecified atom stereocenters. The minimum absolute atomic E-state index is 0.0817. The Labute approximate surface area is 255 Å². The summed E-state index contributed by atoms with van der Waals surface area (Å²) in [5, 5.41) is 2.98. The van der Waals surface area contributed by atoms with Gasteiger partial charge < -0.3 is 10.2 Å². The van der Waals surface area contributed by atoms with Crippen molar-refractivity contribution in [2.45, 2.75) is 57.6 Å². The number of nitrogens with one attached hydrogen (secondary N) is 1. The molecule has 7 nitrogen and oxygen atoms in total. The van der Waals surface area contributed by atoms with Crippen LogP contribution in [0.4, 0.5) is 5.69 Å². The molecule has 0 fully saturated rings. The fraction of sp³-hybridized carbons (Fsp3) is 0.257. The summed E-state index contributed by atoms with van der Waals surface area (Å²) in [5.74, 6) is -0.785. The van der Waals surface area contributed by atoms with Crippen LogP contribution >= 0.6 is 0 Å². The minimum Gasteiger partial charge on any atom is -0.352 e. The molecule has 4 aromatic rings. The molecule has 0 spiro atoms. The summed E-state index contributed by atoms with van der Waals surface area (Å²) in [7, 11) is -4.12. The van der Waals surface area contributed by atoms with Crippen molar-refractivity contribution in [3.8, 4) is 0 Å². The Bertz CT molecular complexity index is 1610. The Morgan fingerprint density at radius 2 is 1.26 bits per heavy atom. The van der Waals surface area contributed by atoms with Crippen LogP contribution in [0.25, 0.3) is 0 Å². The van der Waals surface area contributed by atoms with Gasteiger partial charge in [0.05, 0.1) is 10.6 Å². The second-order valence-corrected chi connectivity index (χ2v) is 12.9. The summed E-state index contributed by atoms with van der Waals surface area (Å²) in [5.41, 5.74) is 4.07. The quantitative estimate of drug-likeness (QED) is 0.228. The average molecular weight is 598 g/mol. The molecule has 4 aromatic carbocycles. The summed E-state index contributed by atoms with van der Waals surface area (Å²) in [6.07, 6.45) is 0.271. The molecular formula is C35H39N3O4S. The smallest absolute Gasteiger partial charge is 0.264 e. The molecule has 1 N–H and O–H groups in total. The van der Waals surface area contributed by atoms with Crippen molar-refractivity contribution >= 4 is 27.5 Å². The maximum absolute atomic E-state index is 14.4. The number of para-hydroxylation sites is 1. The molecule has 0 saturated heterocycles. The van der Waals surface area contributed by atoms with E-state index in [0.29, 0.717) is 5.69 Å². The van der Waals surface area contributed by atoms with E-state index in [0.717, 1.165) is 26.6 Å². The highest BCUT2D eigenvalue weighted by atomic mass is 32.2. The number of sulfonamides is 1. The summed E-state index contributed by atoms with van der Waals surface area (Å²) in [6, 6.07) is 31.4. The van der Waals surface area contributed by atoms with Crippen molar-refractivity contribution in [3.05, 3.63) is 131 Å². The van der Waals surface area contributed by atoms with Crippen LogP contribution in [-0.4, -0.2) is 43.8 Å². The first-order valence-corrected chi connectivity index (χ1v) is 15.8. The van der Waals surface area contributed by atoms with Gasteiger partial charge in [0.25, 0.3) is 10.0 Å². The summed E-state index contributed by atoms with van der Waals surface area (Å²) in [6.45, 7) is 7.26. The van der Waals surface area contributed by atoms with Gasteiger partial charge >= 0.3 is 0 Å². The van der Waals surface area contributed by atoms with Gasteiger partial charge in [-0.2, -0.15) is 0 Å². The molecule has 0 aromatic heterocycles. The molecule has 224 valence electrons. The zero-order chi connectivity index (χ0) is 31.0. The standard InChI is InChI=1S/C35H39N3O4S/c1-26(2)36-35(40)33(23-29-11-7-5-8-12-29)37(24-30-19-15-27(3)16-20-30)34(39)25-38(31-13-9-6-10-14-31)43(41,42)32-21-17-28(4)18-22-32/h5-22,26,33H,23-25H2,1-4H3,(H,36,40)/t33-/m1/s1. The largest absolute Gasteiger partial charge is 0.352 e. The lowest BCUT2D eigenvalue weighted by molar-refractivity contribution is -0.140. The highest BCUT2D eigenvalue weighted by Gasteiger charge is 2.34. The van der Waals surface area contributed by atoms with Crippen LogP contribution in [0.15, 0.2) is 114 Å². The monoisotopic (exact) mass is 597 g/mol. The fourth-order valence-corrected chi connectivity index (χ4v) is 6.20. The molecule has 0 aliphatic heterocycles. The van der Waals surface area contributed by atoms with E-state index in [1.807, 2.05) is 82.3 Å². The number of carbonyl (C=O) groups excluding carboxylic acids is 2. The molecule has 43 heavy (non-hydrogen) atoms. The Morgan fingerprint density at radius 1 is 0.721 bits per heavy atom. The lowest BCUT2D eigenvalue weighted by atomic mass is 10.0. The lowest BCUT2D eigenvalue weighted by Gasteiger charge is -2.34. The SMILES string of the molecule is Cc1ccc(CN(C(=O)CN(c2ccccc2)S(=O)(=O)c2ccc(C)cc2)[C@H](Cc2ccccc2)C(=O)NC(C)C)cc1. The van der Waals surface area contributed by atoms with Gasteiger partial charge in [-0.25, -0.2) is 8.42 Å². The number of hydrogen-bond acceptors (Lipinski definition) is 4. The van der Waals surface area contributed by atoms with E-state index in [4.69, 9.17) is 0 Å². The molecule has 1 atom stereocenters. The molecule has 2 amide bonds. The maximum atomic E-state index is 14.4. The normalized spacial score (nSPS) is 12.0. The number of rotatable bonds is 12. The Balaban J connectivity index is 1.78. The van der Waals surface area contributed by atoms with Crippen molar-refractivity contribution < 1.29 is 18.0 Å². The molecule has 8 heteroatoms. The second kappa shape index (κ2) is 14.2. The van der Waals surface area contributed by atoms with E-state index in [1.54, 1.807) is 54.6 Å². The van der Waals surface area contributed by atoms with Crippen molar-refractivity contribution in [3.63, 3.8) is 0 Å². The Hall–Kier alpha value is -4.43. The third kappa shape index (κ3) is 8.32. The van der Waals surface area contributed by atoms with E-state index < -0.39 is 28.5 Å². The van der Waals surface area contributed by atoms with Crippen molar-refractivity contribution in [1.82, 2.24) is 10.2 Å². The number of anilines is 1. The van der Waals surface area contributed by atoms with Gasteiger partial charge in [0.15, 0.2) is 0 Å². The highest BCUT2D eigenvalue weighted by Crippen LogP contribution is 2.25. The van der Waals surface area contributed by atoms with Crippen LogP contribution in [0.3, 0.4) is 0 Å². The van der Waals surface area contributed by atoms with Gasteiger partial charge in [-0.3, -0.25) is 13.9 Å². The van der Waals surface area contributed by atoms with Gasteiger partial charge in [0.2, 0.25) is 11.8 Å². The van der Waals surface area contributed by atoms with Crippen LogP contribution in [-0.2, 0) is 32.6 Å². The molecule has 0 aliphatic rings. The molecular weight excluding hydrogens is 558 g/mol. The highest BCUT2D eigenvalue weighted by molar-refractivity contribution is 7.92. The van der Waals surface area contributed by atoms with Crippen LogP contribution in [0.2, 0.25) is 0 Å². The molecule has 0 bridgehead atoms. The Kier molecular flexibility index (Phi) is 10.4. The Morgan fingerprint density at radius 3 is 1.81 bits per heavy atom. The van der Waals surface area contributed by atoms with Gasteiger partial charge in [0, 0.05) is 19.0 Å². The molecule has 0 radical (unpaired) electrons. The second-order valence-electron chi connectivity index (χ2n) is 11.0. The first-order chi connectivity index (χ1) is 20.5. The summed E-state index contributed by atoms with van der Waals surface area (Å²) < 4.78 is 29.2. The number of nitrogens with zero attached hydrogens (tertiary/aromatic N) is 2. The number of carbonyl (C=O) groups is 2. The van der Waals surface area contributed by atoms with Gasteiger partial charge in [0.1, 0.15) is 12.6 Å². The number of aryl methyl sites for hydroxylation is 2. The summed E-state index contributed by atoms with van der Waals surface area (Å²) in [4.78, 5) is 29.7. The third-order valence-corrected chi connectivity index (χ3v) is 8.90. The van der Waals surface area contributed by atoms with Gasteiger partial charge in [-0.15, -0.1) is 0 Å². The predicted molar refractivity (Wildman–Crippen MR) is 171 cm³/mol.